The molecule has 0 bridgehead atoms. The zero-order chi connectivity index (χ0) is 27.7. The van der Waals surface area contributed by atoms with Crippen LogP contribution in [-0.4, -0.2) is 73.9 Å². The molecule has 1 aromatic carbocycles. The van der Waals surface area contributed by atoms with Gasteiger partial charge in [-0.05, 0) is 43.5 Å². The lowest BCUT2D eigenvalue weighted by Crippen LogP contribution is -2.52. The third-order valence-electron chi connectivity index (χ3n) is 8.33. The largest absolute Gasteiger partial charge is 0.481 e. The maximum atomic E-state index is 13.6. The number of likely N-dealkylation sites (tertiary alicyclic amines) is 1. The summed E-state index contributed by atoms with van der Waals surface area (Å²) in [6, 6.07) is 17.3. The number of piperidine rings is 2. The summed E-state index contributed by atoms with van der Waals surface area (Å²) in [6.45, 7) is 2.66. The molecule has 2 fully saturated rings. The van der Waals surface area contributed by atoms with Crippen molar-refractivity contribution in [1.29, 1.82) is 0 Å². The van der Waals surface area contributed by atoms with Crippen molar-refractivity contribution in [3.8, 4) is 11.7 Å². The molecule has 10 nitrogen and oxygen atoms in total. The predicted molar refractivity (Wildman–Crippen MR) is 151 cm³/mol. The molecule has 0 spiro atoms. The smallest absolute Gasteiger partial charge is 0.262 e. The standard InChI is InChI=1S/C30H34N6O4/c1-40-26-9-5-8-25(33-26)36-15-11-23-27(36)32-20-35(29(23)38)19-30(39)12-16-34(17-13-30)28(37)22-10-14-31-18-24(22)21-6-3-2-4-7-21/h2-9,11,15,20,22,24,31,39H,10,12-14,16-19H2,1H3/t22-,24+/m1/s1. The van der Waals surface area contributed by atoms with Gasteiger partial charge in [-0.25, -0.2) is 4.98 Å². The van der Waals surface area contributed by atoms with Crippen molar-refractivity contribution < 1.29 is 14.6 Å². The number of fused-ring (bicyclic) bond motifs is 1. The second kappa shape index (κ2) is 10.9. The van der Waals surface area contributed by atoms with Gasteiger partial charge in [-0.15, -0.1) is 0 Å². The highest BCUT2D eigenvalue weighted by molar-refractivity contribution is 5.80. The highest BCUT2D eigenvalue weighted by Gasteiger charge is 2.39. The number of rotatable bonds is 6. The highest BCUT2D eigenvalue weighted by Crippen LogP contribution is 2.33. The van der Waals surface area contributed by atoms with E-state index in [9.17, 15) is 14.7 Å². The summed E-state index contributed by atoms with van der Waals surface area (Å²) in [4.78, 5) is 37.8. The minimum absolute atomic E-state index is 0.0767. The summed E-state index contributed by atoms with van der Waals surface area (Å²) in [5, 5.41) is 15.3. The molecule has 2 N–H and O–H groups in total. The summed E-state index contributed by atoms with van der Waals surface area (Å²) in [5.74, 6) is 1.28. The van der Waals surface area contributed by atoms with Crippen LogP contribution in [0.5, 0.6) is 5.88 Å². The van der Waals surface area contributed by atoms with Gasteiger partial charge in [0, 0.05) is 43.7 Å². The Morgan fingerprint density at radius 3 is 2.70 bits per heavy atom. The summed E-state index contributed by atoms with van der Waals surface area (Å²) in [5.41, 5.74) is 0.350. The predicted octanol–water partition coefficient (Wildman–Crippen LogP) is 2.34. The second-order valence-electron chi connectivity index (χ2n) is 10.8. The average molecular weight is 543 g/mol. The van der Waals surface area contributed by atoms with Crippen molar-refractivity contribution >= 4 is 16.9 Å². The van der Waals surface area contributed by atoms with Gasteiger partial charge in [-0.1, -0.05) is 36.4 Å². The molecule has 208 valence electrons. The summed E-state index contributed by atoms with van der Waals surface area (Å²) in [6.07, 6.45) is 4.84. The van der Waals surface area contributed by atoms with Gasteiger partial charge in [0.2, 0.25) is 11.8 Å². The second-order valence-corrected chi connectivity index (χ2v) is 10.8. The van der Waals surface area contributed by atoms with Gasteiger partial charge in [0.25, 0.3) is 5.56 Å². The van der Waals surface area contributed by atoms with E-state index in [4.69, 9.17) is 4.74 Å². The topological polar surface area (TPSA) is 115 Å². The molecule has 1 amide bonds. The number of aromatic nitrogens is 4. The number of hydrogen-bond donors (Lipinski definition) is 2. The number of pyridine rings is 1. The van der Waals surface area contributed by atoms with E-state index in [0.29, 0.717) is 48.7 Å². The molecule has 10 heteroatoms. The molecule has 6 rings (SSSR count). The average Bonchev–Trinajstić information content (AvgIpc) is 3.44. The Labute approximate surface area is 232 Å². The lowest BCUT2D eigenvalue weighted by atomic mass is 9.80. The number of methoxy groups -OCH3 is 1. The SMILES string of the molecule is COc1cccc(-n2ccc3c(=O)n(CC4(O)CCN(C(=O)[C@@H]5CCNC[C@H]5c5ccccc5)CC4)cnc32)n1. The number of carbonyl (C=O) groups is 1. The van der Waals surface area contributed by atoms with Gasteiger partial charge in [0.1, 0.15) is 12.1 Å². The summed E-state index contributed by atoms with van der Waals surface area (Å²) < 4.78 is 8.44. The van der Waals surface area contributed by atoms with E-state index in [0.717, 1.165) is 19.5 Å². The van der Waals surface area contributed by atoms with Crippen molar-refractivity contribution in [3.05, 3.63) is 83.0 Å². The van der Waals surface area contributed by atoms with Crippen LogP contribution in [0.15, 0.2) is 71.9 Å². The Balaban J connectivity index is 1.15. The Bertz CT molecular complexity index is 1560. The van der Waals surface area contributed by atoms with Crippen molar-refractivity contribution in [2.45, 2.75) is 37.3 Å². The third kappa shape index (κ3) is 5.00. The van der Waals surface area contributed by atoms with E-state index in [1.54, 1.807) is 30.0 Å². The first kappa shape index (κ1) is 26.2. The molecule has 3 aromatic heterocycles. The van der Waals surface area contributed by atoms with E-state index in [2.05, 4.69) is 27.4 Å². The fourth-order valence-corrected chi connectivity index (χ4v) is 6.06. The normalized spacial score (nSPS) is 20.9. The molecule has 0 saturated carbocycles. The monoisotopic (exact) mass is 542 g/mol. The molecule has 2 atom stereocenters. The minimum atomic E-state index is -1.10. The van der Waals surface area contributed by atoms with E-state index < -0.39 is 5.60 Å². The number of nitrogens with zero attached hydrogens (tertiary/aromatic N) is 5. The molecule has 0 unspecified atom stereocenters. The molecule has 2 saturated heterocycles. The first-order chi connectivity index (χ1) is 19.5. The molecular weight excluding hydrogens is 508 g/mol. The van der Waals surface area contributed by atoms with Crippen LogP contribution < -0.4 is 15.6 Å². The number of nitrogens with one attached hydrogen (secondary N) is 1. The van der Waals surface area contributed by atoms with Crippen LogP contribution in [0, 0.1) is 5.92 Å². The lowest BCUT2D eigenvalue weighted by molar-refractivity contribution is -0.141. The maximum absolute atomic E-state index is 13.6. The highest BCUT2D eigenvalue weighted by atomic mass is 16.5. The number of ether oxygens (including phenoxy) is 1. The van der Waals surface area contributed by atoms with E-state index in [1.807, 2.05) is 35.2 Å². The molecule has 0 radical (unpaired) electrons. The number of aliphatic hydroxyl groups is 1. The van der Waals surface area contributed by atoms with Gasteiger partial charge < -0.3 is 20.1 Å². The van der Waals surface area contributed by atoms with E-state index >= 15 is 0 Å². The quantitative estimate of drug-likeness (QED) is 0.384. The fourth-order valence-electron chi connectivity index (χ4n) is 6.06. The van der Waals surface area contributed by atoms with E-state index in [1.165, 1.54) is 16.5 Å². The number of hydrogen-bond acceptors (Lipinski definition) is 7. The van der Waals surface area contributed by atoms with Gasteiger partial charge in [-0.3, -0.25) is 18.7 Å². The molecule has 0 aliphatic carbocycles. The van der Waals surface area contributed by atoms with Gasteiger partial charge in [0.05, 0.1) is 24.6 Å². The van der Waals surface area contributed by atoms with Crippen LogP contribution in [0.3, 0.4) is 0 Å². The first-order valence-corrected chi connectivity index (χ1v) is 13.8. The Morgan fingerprint density at radius 2 is 1.93 bits per heavy atom. The van der Waals surface area contributed by atoms with Gasteiger partial charge in [-0.2, -0.15) is 4.98 Å². The number of carbonyl (C=O) groups excluding carboxylic acids is 1. The molecule has 5 heterocycles. The zero-order valence-electron chi connectivity index (χ0n) is 22.6. The van der Waals surface area contributed by atoms with Crippen molar-refractivity contribution in [2.24, 2.45) is 5.92 Å². The van der Waals surface area contributed by atoms with Crippen LogP contribution in [-0.2, 0) is 11.3 Å². The zero-order valence-corrected chi connectivity index (χ0v) is 22.6. The molecular formula is C30H34N6O4. The van der Waals surface area contributed by atoms with Crippen LogP contribution in [0.25, 0.3) is 16.9 Å². The molecule has 40 heavy (non-hydrogen) atoms. The van der Waals surface area contributed by atoms with Crippen LogP contribution in [0.1, 0.15) is 30.7 Å². The van der Waals surface area contributed by atoms with Gasteiger partial charge in [0.15, 0.2) is 5.65 Å². The number of amides is 1. The van der Waals surface area contributed by atoms with Crippen molar-refractivity contribution in [3.63, 3.8) is 0 Å². The van der Waals surface area contributed by atoms with Crippen LogP contribution >= 0.6 is 0 Å². The Kier molecular flexibility index (Phi) is 7.12. The van der Waals surface area contributed by atoms with E-state index in [-0.39, 0.29) is 29.8 Å². The lowest BCUT2D eigenvalue weighted by Gasteiger charge is -2.41. The number of benzene rings is 1. The maximum Gasteiger partial charge on any atom is 0.262 e. The summed E-state index contributed by atoms with van der Waals surface area (Å²) >= 11 is 0. The first-order valence-electron chi connectivity index (χ1n) is 13.8. The van der Waals surface area contributed by atoms with Crippen LogP contribution in [0.4, 0.5) is 0 Å². The van der Waals surface area contributed by atoms with Crippen molar-refractivity contribution in [1.82, 2.24) is 29.3 Å². The van der Waals surface area contributed by atoms with Gasteiger partial charge >= 0.3 is 0 Å². The Hall–Kier alpha value is -4.02. The Morgan fingerprint density at radius 1 is 1.12 bits per heavy atom. The third-order valence-corrected chi connectivity index (χ3v) is 8.33. The summed E-state index contributed by atoms with van der Waals surface area (Å²) in [7, 11) is 1.55. The van der Waals surface area contributed by atoms with Crippen molar-refractivity contribution in [2.75, 3.05) is 33.3 Å². The molecule has 2 aliphatic rings. The molecule has 2 aliphatic heterocycles. The fraction of sp³-hybridized carbons (Fsp3) is 0.400. The minimum Gasteiger partial charge on any atom is -0.481 e. The van der Waals surface area contributed by atoms with Crippen LogP contribution in [0.2, 0.25) is 0 Å². The molecule has 4 aromatic rings.